The molecule has 0 fully saturated rings. The van der Waals surface area contributed by atoms with Crippen LogP contribution in [0.5, 0.6) is 0 Å². The van der Waals surface area contributed by atoms with Gasteiger partial charge in [0.15, 0.2) is 0 Å². The van der Waals surface area contributed by atoms with Crippen LogP contribution in [0.1, 0.15) is 30.9 Å². The van der Waals surface area contributed by atoms with E-state index in [4.69, 9.17) is 0 Å². The van der Waals surface area contributed by atoms with Gasteiger partial charge in [-0.15, -0.1) is 0 Å². The Hall–Kier alpha value is -2.29. The molecule has 0 aliphatic heterocycles. The summed E-state index contributed by atoms with van der Waals surface area (Å²) < 4.78 is 1.90. The molecule has 0 saturated carbocycles. The molecule has 0 unspecified atom stereocenters. The molecule has 1 heterocycles. The Balaban J connectivity index is 1.95. The second kappa shape index (κ2) is 5.00. The fourth-order valence-corrected chi connectivity index (χ4v) is 2.46. The van der Waals surface area contributed by atoms with Crippen molar-refractivity contribution in [1.82, 2.24) is 9.78 Å². The molecular weight excluding hydrogens is 248 g/mol. The van der Waals surface area contributed by atoms with Gasteiger partial charge in [0.25, 0.3) is 5.56 Å². The number of hydrogen-bond donors (Lipinski definition) is 1. The number of nitrogens with zero attached hydrogens (tertiary/aromatic N) is 1. The summed E-state index contributed by atoms with van der Waals surface area (Å²) in [5.41, 5.74) is 3.44. The van der Waals surface area contributed by atoms with Crippen molar-refractivity contribution in [2.24, 2.45) is 0 Å². The van der Waals surface area contributed by atoms with Crippen LogP contribution in [0, 0.1) is 0 Å². The molecular formula is C17H18N2O. The van der Waals surface area contributed by atoms with Crippen molar-refractivity contribution in [1.29, 1.82) is 0 Å². The summed E-state index contributed by atoms with van der Waals surface area (Å²) in [6.45, 7) is 5.05. The molecule has 0 atom stereocenters. The van der Waals surface area contributed by atoms with E-state index in [2.05, 4.69) is 43.2 Å². The first kappa shape index (κ1) is 12.7. The van der Waals surface area contributed by atoms with Crippen LogP contribution in [0.4, 0.5) is 0 Å². The van der Waals surface area contributed by atoms with Gasteiger partial charge < -0.3 is 0 Å². The van der Waals surface area contributed by atoms with E-state index >= 15 is 0 Å². The van der Waals surface area contributed by atoms with Crippen molar-refractivity contribution in [2.75, 3.05) is 0 Å². The van der Waals surface area contributed by atoms with E-state index in [1.54, 1.807) is 0 Å². The third-order valence-electron chi connectivity index (χ3n) is 3.66. The lowest BCUT2D eigenvalue weighted by Gasteiger charge is -2.08. The van der Waals surface area contributed by atoms with Gasteiger partial charge in [-0.1, -0.05) is 50.2 Å². The number of rotatable bonds is 3. The summed E-state index contributed by atoms with van der Waals surface area (Å²) in [5.74, 6) is 0.538. The molecule has 2 aromatic carbocycles. The van der Waals surface area contributed by atoms with E-state index in [0.717, 1.165) is 10.9 Å². The van der Waals surface area contributed by atoms with Crippen LogP contribution in [0.2, 0.25) is 0 Å². The van der Waals surface area contributed by atoms with Gasteiger partial charge in [0.2, 0.25) is 0 Å². The standard InChI is InChI=1S/C17H18N2O/c1-12(2)14-9-7-13(8-10-14)11-19-16-6-4-3-5-15(16)17(20)18-19/h3-10,12H,11H2,1-2H3,(H,18,20). The topological polar surface area (TPSA) is 37.8 Å². The zero-order chi connectivity index (χ0) is 14.1. The molecule has 0 aliphatic carbocycles. The second-order valence-electron chi connectivity index (χ2n) is 5.44. The maximum Gasteiger partial charge on any atom is 0.271 e. The normalized spacial score (nSPS) is 11.3. The first-order chi connectivity index (χ1) is 9.65. The Morgan fingerprint density at radius 3 is 2.45 bits per heavy atom. The fraction of sp³-hybridized carbons (Fsp3) is 0.235. The summed E-state index contributed by atoms with van der Waals surface area (Å²) in [6.07, 6.45) is 0. The van der Waals surface area contributed by atoms with E-state index in [0.29, 0.717) is 12.5 Å². The minimum absolute atomic E-state index is 0.0283. The second-order valence-corrected chi connectivity index (χ2v) is 5.44. The predicted molar refractivity (Wildman–Crippen MR) is 82.2 cm³/mol. The zero-order valence-electron chi connectivity index (χ0n) is 11.8. The van der Waals surface area contributed by atoms with Crippen LogP contribution in [-0.2, 0) is 6.54 Å². The average Bonchev–Trinajstić information content (AvgIpc) is 2.77. The van der Waals surface area contributed by atoms with Crippen LogP contribution >= 0.6 is 0 Å². The van der Waals surface area contributed by atoms with Gasteiger partial charge in [0, 0.05) is 0 Å². The van der Waals surface area contributed by atoms with E-state index < -0.39 is 0 Å². The molecule has 3 rings (SSSR count). The number of benzene rings is 2. The number of hydrogen-bond acceptors (Lipinski definition) is 1. The molecule has 0 amide bonds. The largest absolute Gasteiger partial charge is 0.280 e. The van der Waals surface area contributed by atoms with Gasteiger partial charge in [0.1, 0.15) is 0 Å². The lowest BCUT2D eigenvalue weighted by atomic mass is 10.0. The van der Waals surface area contributed by atoms with Gasteiger partial charge >= 0.3 is 0 Å². The highest BCUT2D eigenvalue weighted by atomic mass is 16.1. The number of aromatic amines is 1. The predicted octanol–water partition coefficient (Wildman–Crippen LogP) is 3.50. The third kappa shape index (κ3) is 2.27. The van der Waals surface area contributed by atoms with E-state index in [9.17, 15) is 4.79 Å². The quantitative estimate of drug-likeness (QED) is 0.774. The number of nitrogens with one attached hydrogen (secondary N) is 1. The lowest BCUT2D eigenvalue weighted by molar-refractivity contribution is 0.702. The van der Waals surface area contributed by atoms with Crippen LogP contribution in [0.15, 0.2) is 53.3 Å². The number of para-hydroxylation sites is 1. The summed E-state index contributed by atoms with van der Waals surface area (Å²) in [7, 11) is 0. The number of aromatic nitrogens is 2. The number of H-pyrrole nitrogens is 1. The van der Waals surface area contributed by atoms with Crippen LogP contribution < -0.4 is 5.56 Å². The lowest BCUT2D eigenvalue weighted by Crippen LogP contribution is -2.06. The minimum atomic E-state index is -0.0283. The molecule has 1 N–H and O–H groups in total. The van der Waals surface area contributed by atoms with Crippen molar-refractivity contribution in [2.45, 2.75) is 26.3 Å². The van der Waals surface area contributed by atoms with Crippen molar-refractivity contribution >= 4 is 10.9 Å². The van der Waals surface area contributed by atoms with Crippen molar-refractivity contribution < 1.29 is 0 Å². The summed E-state index contributed by atoms with van der Waals surface area (Å²) >= 11 is 0. The van der Waals surface area contributed by atoms with Gasteiger partial charge in [-0.25, -0.2) is 0 Å². The van der Waals surface area contributed by atoms with Crippen LogP contribution in [0.25, 0.3) is 10.9 Å². The summed E-state index contributed by atoms with van der Waals surface area (Å²) in [6, 6.07) is 16.2. The molecule has 0 spiro atoms. The molecule has 0 aliphatic rings. The molecule has 0 radical (unpaired) electrons. The number of fused-ring (bicyclic) bond motifs is 1. The Morgan fingerprint density at radius 2 is 1.75 bits per heavy atom. The molecule has 0 bridgehead atoms. The van der Waals surface area contributed by atoms with E-state index in [1.807, 2.05) is 28.9 Å². The highest BCUT2D eigenvalue weighted by molar-refractivity contribution is 5.78. The Kier molecular flexibility index (Phi) is 3.18. The summed E-state index contributed by atoms with van der Waals surface area (Å²) in [4.78, 5) is 11.9. The first-order valence-electron chi connectivity index (χ1n) is 6.91. The molecule has 3 nitrogen and oxygen atoms in total. The maximum absolute atomic E-state index is 11.9. The Bertz CT molecular complexity index is 779. The molecule has 3 heteroatoms. The van der Waals surface area contributed by atoms with Gasteiger partial charge in [-0.2, -0.15) is 0 Å². The highest BCUT2D eigenvalue weighted by Crippen LogP contribution is 2.16. The van der Waals surface area contributed by atoms with E-state index in [-0.39, 0.29) is 5.56 Å². The summed E-state index contributed by atoms with van der Waals surface area (Å²) in [5, 5.41) is 3.64. The smallest absolute Gasteiger partial charge is 0.271 e. The molecule has 1 aromatic heterocycles. The van der Waals surface area contributed by atoms with Crippen LogP contribution in [0.3, 0.4) is 0 Å². The Labute approximate surface area is 117 Å². The first-order valence-corrected chi connectivity index (χ1v) is 6.91. The fourth-order valence-electron chi connectivity index (χ4n) is 2.46. The Morgan fingerprint density at radius 1 is 1.05 bits per heavy atom. The van der Waals surface area contributed by atoms with Gasteiger partial charge in [-0.05, 0) is 29.2 Å². The minimum Gasteiger partial charge on any atom is -0.280 e. The van der Waals surface area contributed by atoms with Crippen molar-refractivity contribution in [3.8, 4) is 0 Å². The zero-order valence-corrected chi connectivity index (χ0v) is 11.8. The van der Waals surface area contributed by atoms with Crippen molar-refractivity contribution in [3.05, 3.63) is 70.0 Å². The molecule has 3 aromatic rings. The third-order valence-corrected chi connectivity index (χ3v) is 3.66. The maximum atomic E-state index is 11.9. The average molecular weight is 266 g/mol. The highest BCUT2D eigenvalue weighted by Gasteiger charge is 2.06. The van der Waals surface area contributed by atoms with Gasteiger partial charge in [0.05, 0.1) is 17.4 Å². The van der Waals surface area contributed by atoms with Gasteiger partial charge in [-0.3, -0.25) is 14.6 Å². The monoisotopic (exact) mass is 266 g/mol. The van der Waals surface area contributed by atoms with Crippen LogP contribution in [-0.4, -0.2) is 9.78 Å². The molecule has 20 heavy (non-hydrogen) atoms. The molecule has 102 valence electrons. The molecule has 0 saturated heterocycles. The van der Waals surface area contributed by atoms with E-state index in [1.165, 1.54) is 11.1 Å². The van der Waals surface area contributed by atoms with Crippen molar-refractivity contribution in [3.63, 3.8) is 0 Å². The SMILES string of the molecule is CC(C)c1ccc(Cn2[nH]c(=O)c3ccccc32)cc1.